The summed E-state index contributed by atoms with van der Waals surface area (Å²) in [5.74, 6) is -0.595. The molecule has 0 saturated heterocycles. The number of ether oxygens (including phenoxy) is 1. The molecule has 0 heterocycles. The highest BCUT2D eigenvalue weighted by molar-refractivity contribution is 6.06. The molecule has 1 aliphatic carbocycles. The smallest absolute Gasteiger partial charge is 0.336 e. The van der Waals surface area contributed by atoms with Crippen molar-refractivity contribution in [1.82, 2.24) is 5.32 Å². The summed E-state index contributed by atoms with van der Waals surface area (Å²) in [4.78, 5) is 25.7. The van der Waals surface area contributed by atoms with Gasteiger partial charge in [0, 0.05) is 16.5 Å². The topological polar surface area (TPSA) is 55.4 Å². The van der Waals surface area contributed by atoms with E-state index in [1.807, 2.05) is 36.4 Å². The van der Waals surface area contributed by atoms with E-state index in [-0.39, 0.29) is 11.9 Å². The molecule has 0 aliphatic heterocycles. The van der Waals surface area contributed by atoms with Crippen molar-refractivity contribution in [2.45, 2.75) is 33.6 Å². The van der Waals surface area contributed by atoms with E-state index in [4.69, 9.17) is 4.74 Å². The van der Waals surface area contributed by atoms with Crippen LogP contribution in [0.1, 0.15) is 48.7 Å². The molecule has 4 nitrogen and oxygen atoms in total. The minimum absolute atomic E-state index is 0.234. The number of nitrogens with one attached hydrogen (secondary N) is 1. The third-order valence-electron chi connectivity index (χ3n) is 5.26. The fourth-order valence-electron chi connectivity index (χ4n) is 3.62. The lowest BCUT2D eigenvalue weighted by Gasteiger charge is -2.37. The van der Waals surface area contributed by atoms with Crippen molar-refractivity contribution in [3.63, 3.8) is 0 Å². The van der Waals surface area contributed by atoms with Crippen molar-refractivity contribution in [1.29, 1.82) is 0 Å². The molecule has 0 unspecified atom stereocenters. The second-order valence-corrected chi connectivity index (χ2v) is 7.04. The highest BCUT2D eigenvalue weighted by atomic mass is 16.5. The summed E-state index contributed by atoms with van der Waals surface area (Å²) in [5.41, 5.74) is 3.27. The van der Waals surface area contributed by atoms with Gasteiger partial charge in [0.05, 0.1) is 17.9 Å². The first-order chi connectivity index (χ1) is 13.0. The molecule has 2 aromatic carbocycles. The van der Waals surface area contributed by atoms with Crippen LogP contribution in [0.25, 0.3) is 5.70 Å². The van der Waals surface area contributed by atoms with Crippen molar-refractivity contribution < 1.29 is 14.3 Å². The molecular weight excluding hydrogens is 338 g/mol. The van der Waals surface area contributed by atoms with Crippen LogP contribution in [0.5, 0.6) is 0 Å². The van der Waals surface area contributed by atoms with Gasteiger partial charge in [0.1, 0.15) is 0 Å². The highest BCUT2D eigenvalue weighted by Gasteiger charge is 2.40. The maximum absolute atomic E-state index is 12.9. The predicted octanol–water partition coefficient (Wildman–Crippen LogP) is 4.36. The van der Waals surface area contributed by atoms with E-state index in [1.165, 1.54) is 0 Å². The molecule has 3 rings (SSSR count). The van der Waals surface area contributed by atoms with Gasteiger partial charge in [-0.2, -0.15) is 0 Å². The zero-order valence-corrected chi connectivity index (χ0v) is 16.0. The van der Waals surface area contributed by atoms with Crippen LogP contribution in [-0.2, 0) is 16.0 Å². The first kappa shape index (κ1) is 18.9. The Labute approximate surface area is 160 Å². The van der Waals surface area contributed by atoms with Gasteiger partial charge in [0.15, 0.2) is 0 Å². The van der Waals surface area contributed by atoms with Crippen LogP contribution in [0, 0.1) is 5.41 Å². The van der Waals surface area contributed by atoms with Gasteiger partial charge in [-0.05, 0) is 37.5 Å². The van der Waals surface area contributed by atoms with Crippen molar-refractivity contribution in [3.05, 3.63) is 76.9 Å². The Balaban J connectivity index is 2.15. The zero-order valence-electron chi connectivity index (χ0n) is 16.0. The number of hydrogen-bond donors (Lipinski definition) is 1. The van der Waals surface area contributed by atoms with Gasteiger partial charge >= 0.3 is 5.97 Å². The van der Waals surface area contributed by atoms with Crippen LogP contribution in [0.3, 0.4) is 0 Å². The summed E-state index contributed by atoms with van der Waals surface area (Å²) >= 11 is 0. The maximum Gasteiger partial charge on any atom is 0.336 e. The number of amides is 1. The molecule has 0 radical (unpaired) electrons. The van der Waals surface area contributed by atoms with Crippen molar-refractivity contribution in [3.8, 4) is 0 Å². The quantitative estimate of drug-likeness (QED) is 0.803. The molecule has 0 spiro atoms. The van der Waals surface area contributed by atoms with Crippen molar-refractivity contribution >= 4 is 17.6 Å². The first-order valence-corrected chi connectivity index (χ1v) is 9.36. The second kappa shape index (κ2) is 7.78. The largest absolute Gasteiger partial charge is 0.463 e. The van der Waals surface area contributed by atoms with E-state index < -0.39 is 5.41 Å². The minimum atomic E-state index is -0.403. The van der Waals surface area contributed by atoms with E-state index in [9.17, 15) is 9.59 Å². The third kappa shape index (κ3) is 3.65. The van der Waals surface area contributed by atoms with Crippen LogP contribution >= 0.6 is 0 Å². The number of carbonyl (C=O) groups excluding carboxylic acids is 2. The standard InChI is InChI=1S/C23H25NO3/c1-4-23(3)15-17-13-9-10-14-18(17)20(19(23)22(26)27-5-2)24-21(25)16-11-7-6-8-12-16/h6-14H,4-5,15H2,1-3H3,(H,24,25)/t23-/m0/s1. The van der Waals surface area contributed by atoms with Gasteiger partial charge in [-0.15, -0.1) is 0 Å². The SMILES string of the molecule is CCOC(=O)C1=C(NC(=O)c2ccccc2)c2ccccc2C[C@]1(C)CC. The molecule has 0 aromatic heterocycles. The average molecular weight is 363 g/mol. The Hall–Kier alpha value is -2.88. The number of benzene rings is 2. The summed E-state index contributed by atoms with van der Waals surface area (Å²) in [6.45, 7) is 6.21. The van der Waals surface area contributed by atoms with Crippen molar-refractivity contribution in [2.75, 3.05) is 6.61 Å². The zero-order chi connectivity index (χ0) is 19.4. The molecule has 0 saturated carbocycles. The maximum atomic E-state index is 12.9. The average Bonchev–Trinajstić information content (AvgIpc) is 2.68. The fraction of sp³-hybridized carbons (Fsp3) is 0.304. The molecule has 1 aliphatic rings. The van der Waals surface area contributed by atoms with Gasteiger partial charge in [-0.3, -0.25) is 4.79 Å². The van der Waals surface area contributed by atoms with Gasteiger partial charge in [0.25, 0.3) is 5.91 Å². The molecular formula is C23H25NO3. The van der Waals surface area contributed by atoms with Gasteiger partial charge < -0.3 is 10.1 Å². The highest BCUT2D eigenvalue weighted by Crippen LogP contribution is 2.44. The summed E-state index contributed by atoms with van der Waals surface area (Å²) in [6, 6.07) is 16.9. The van der Waals surface area contributed by atoms with Crippen LogP contribution in [-0.4, -0.2) is 18.5 Å². The lowest BCUT2D eigenvalue weighted by atomic mass is 9.68. The number of carbonyl (C=O) groups is 2. The van der Waals surface area contributed by atoms with Gasteiger partial charge in [0.2, 0.25) is 0 Å². The predicted molar refractivity (Wildman–Crippen MR) is 106 cm³/mol. The van der Waals surface area contributed by atoms with Crippen LogP contribution in [0.15, 0.2) is 60.2 Å². The Morgan fingerprint density at radius 3 is 2.37 bits per heavy atom. The van der Waals surface area contributed by atoms with E-state index >= 15 is 0 Å². The van der Waals surface area contributed by atoms with Crippen LogP contribution in [0.4, 0.5) is 0 Å². The minimum Gasteiger partial charge on any atom is -0.463 e. The lowest BCUT2D eigenvalue weighted by Crippen LogP contribution is -2.37. The fourth-order valence-corrected chi connectivity index (χ4v) is 3.62. The normalized spacial score (nSPS) is 18.6. The monoisotopic (exact) mass is 363 g/mol. The summed E-state index contributed by atoms with van der Waals surface area (Å²) < 4.78 is 5.36. The van der Waals surface area contributed by atoms with E-state index in [0.29, 0.717) is 23.4 Å². The molecule has 27 heavy (non-hydrogen) atoms. The molecule has 1 amide bonds. The number of fused-ring (bicyclic) bond motifs is 1. The number of hydrogen-bond acceptors (Lipinski definition) is 3. The summed E-state index contributed by atoms with van der Waals surface area (Å²) in [6.07, 6.45) is 1.50. The third-order valence-corrected chi connectivity index (χ3v) is 5.26. The van der Waals surface area contributed by atoms with Crippen molar-refractivity contribution in [2.24, 2.45) is 5.41 Å². The Bertz CT molecular complexity index is 886. The van der Waals surface area contributed by atoms with E-state index in [0.717, 1.165) is 24.0 Å². The van der Waals surface area contributed by atoms with Crippen LogP contribution in [0.2, 0.25) is 0 Å². The Morgan fingerprint density at radius 1 is 1.04 bits per heavy atom. The van der Waals surface area contributed by atoms with Crippen LogP contribution < -0.4 is 5.32 Å². The molecule has 0 fully saturated rings. The molecule has 2 aromatic rings. The molecule has 4 heteroatoms. The Kier molecular flexibility index (Phi) is 5.45. The molecule has 0 bridgehead atoms. The molecule has 140 valence electrons. The molecule has 1 N–H and O–H groups in total. The molecule has 1 atom stereocenters. The number of esters is 1. The second-order valence-electron chi connectivity index (χ2n) is 7.04. The van der Waals surface area contributed by atoms with E-state index in [2.05, 4.69) is 25.2 Å². The van der Waals surface area contributed by atoms with Gasteiger partial charge in [-0.25, -0.2) is 4.79 Å². The first-order valence-electron chi connectivity index (χ1n) is 9.36. The summed E-state index contributed by atoms with van der Waals surface area (Å²) in [7, 11) is 0. The lowest BCUT2D eigenvalue weighted by molar-refractivity contribution is -0.139. The summed E-state index contributed by atoms with van der Waals surface area (Å²) in [5, 5.41) is 3.01. The van der Waals surface area contributed by atoms with Gasteiger partial charge in [-0.1, -0.05) is 56.3 Å². The Morgan fingerprint density at radius 2 is 1.70 bits per heavy atom. The number of rotatable bonds is 5. The van der Waals surface area contributed by atoms with E-state index in [1.54, 1.807) is 19.1 Å².